The third-order valence-electron chi connectivity index (χ3n) is 3.18. The first-order valence-electron chi connectivity index (χ1n) is 6.79. The quantitative estimate of drug-likeness (QED) is 0.539. The van der Waals surface area contributed by atoms with Crippen LogP contribution in [0.2, 0.25) is 0 Å². The van der Waals surface area contributed by atoms with Crippen molar-refractivity contribution < 1.29 is 4.79 Å². The topological polar surface area (TPSA) is 80.7 Å². The maximum Gasteiger partial charge on any atom is 0.269 e. The van der Waals surface area contributed by atoms with Crippen LogP contribution in [0, 0.1) is 0 Å². The molecule has 4 aromatic rings. The average Bonchev–Trinajstić information content (AvgIpc) is 3.24. The number of nitrogens with one attached hydrogen (secondary N) is 1. The summed E-state index contributed by atoms with van der Waals surface area (Å²) in [6.45, 7) is 0. The van der Waals surface area contributed by atoms with Gasteiger partial charge in [0.2, 0.25) is 0 Å². The van der Waals surface area contributed by atoms with Crippen LogP contribution in [0.25, 0.3) is 21.7 Å². The Labute approximate surface area is 152 Å². The Morgan fingerprint density at radius 2 is 2.04 bits per heavy atom. The molecule has 118 valence electrons. The van der Waals surface area contributed by atoms with Crippen LogP contribution in [0.15, 0.2) is 46.0 Å². The first-order chi connectivity index (χ1) is 11.7. The highest BCUT2D eigenvalue weighted by Gasteiger charge is 2.17. The second-order valence-electron chi connectivity index (χ2n) is 4.68. The third kappa shape index (κ3) is 2.81. The van der Waals surface area contributed by atoms with Gasteiger partial charge in [-0.1, -0.05) is 6.07 Å². The fourth-order valence-corrected chi connectivity index (χ4v) is 4.14. The second kappa shape index (κ2) is 6.34. The maximum atomic E-state index is 12.5. The highest BCUT2D eigenvalue weighted by atomic mass is 79.9. The number of thiazole rings is 1. The second-order valence-corrected chi connectivity index (χ2v) is 7.18. The number of carbonyl (C=O) groups excluding carboxylic acids is 1. The number of rotatable bonds is 3. The standard InChI is InChI=1S/C15H8BrN5OS2/c16-11-10(24-7-18-11)14(22)20-12-8-4-6-23-15(8)21-13(19-12)9-3-1-2-5-17-9/h1-7H,(H,19,20,21,22). The van der Waals surface area contributed by atoms with Crippen molar-refractivity contribution in [3.8, 4) is 11.5 Å². The molecule has 0 bridgehead atoms. The molecule has 4 heterocycles. The van der Waals surface area contributed by atoms with Crippen molar-refractivity contribution >= 4 is 60.5 Å². The third-order valence-corrected chi connectivity index (χ3v) is 5.68. The maximum absolute atomic E-state index is 12.5. The van der Waals surface area contributed by atoms with Crippen molar-refractivity contribution in [2.75, 3.05) is 5.32 Å². The van der Waals surface area contributed by atoms with Gasteiger partial charge < -0.3 is 5.32 Å². The number of fused-ring (bicyclic) bond motifs is 1. The lowest BCUT2D eigenvalue weighted by Crippen LogP contribution is -2.13. The highest BCUT2D eigenvalue weighted by molar-refractivity contribution is 9.10. The van der Waals surface area contributed by atoms with E-state index in [-0.39, 0.29) is 5.91 Å². The first-order valence-corrected chi connectivity index (χ1v) is 9.34. The molecular weight excluding hydrogens is 410 g/mol. The van der Waals surface area contributed by atoms with Gasteiger partial charge in [-0.3, -0.25) is 9.78 Å². The summed E-state index contributed by atoms with van der Waals surface area (Å²) in [7, 11) is 0. The summed E-state index contributed by atoms with van der Waals surface area (Å²) in [5.74, 6) is 0.680. The number of aromatic nitrogens is 4. The van der Waals surface area contributed by atoms with E-state index in [2.05, 4.69) is 41.2 Å². The fourth-order valence-electron chi connectivity index (χ4n) is 2.10. The monoisotopic (exact) mass is 417 g/mol. The van der Waals surface area contributed by atoms with E-state index in [1.165, 1.54) is 22.7 Å². The molecule has 4 rings (SSSR count). The summed E-state index contributed by atoms with van der Waals surface area (Å²) in [5.41, 5.74) is 2.26. The largest absolute Gasteiger partial charge is 0.305 e. The number of hydrogen-bond acceptors (Lipinski definition) is 7. The predicted molar refractivity (Wildman–Crippen MR) is 98.4 cm³/mol. The van der Waals surface area contributed by atoms with Gasteiger partial charge in [-0.2, -0.15) is 0 Å². The number of anilines is 1. The van der Waals surface area contributed by atoms with Crippen LogP contribution in [0.1, 0.15) is 9.67 Å². The lowest BCUT2D eigenvalue weighted by Gasteiger charge is -2.07. The summed E-state index contributed by atoms with van der Waals surface area (Å²) < 4.78 is 0.519. The molecule has 1 N–H and O–H groups in total. The molecule has 4 aromatic heterocycles. The lowest BCUT2D eigenvalue weighted by molar-refractivity contribution is 0.102. The molecule has 9 heteroatoms. The Hall–Kier alpha value is -2.23. The summed E-state index contributed by atoms with van der Waals surface area (Å²) in [4.78, 5) is 31.1. The molecule has 0 aliphatic rings. The molecule has 0 aliphatic heterocycles. The molecular formula is C15H8BrN5OS2. The van der Waals surface area contributed by atoms with Crippen molar-refractivity contribution in [2.24, 2.45) is 0 Å². The molecule has 0 unspecified atom stereocenters. The summed E-state index contributed by atoms with van der Waals surface area (Å²) in [6.07, 6.45) is 1.68. The van der Waals surface area contributed by atoms with Gasteiger partial charge in [0.25, 0.3) is 5.91 Å². The van der Waals surface area contributed by atoms with Gasteiger partial charge in [0.1, 0.15) is 25.8 Å². The van der Waals surface area contributed by atoms with Crippen LogP contribution >= 0.6 is 38.6 Å². The Morgan fingerprint density at radius 1 is 1.12 bits per heavy atom. The normalized spacial score (nSPS) is 10.9. The van der Waals surface area contributed by atoms with Crippen LogP contribution in [0.3, 0.4) is 0 Å². The number of nitrogens with zero attached hydrogens (tertiary/aromatic N) is 4. The molecule has 24 heavy (non-hydrogen) atoms. The zero-order valence-electron chi connectivity index (χ0n) is 11.9. The van der Waals surface area contributed by atoms with Crippen LogP contribution in [0.5, 0.6) is 0 Å². The number of carbonyl (C=O) groups is 1. The van der Waals surface area contributed by atoms with Crippen LogP contribution < -0.4 is 5.32 Å². The average molecular weight is 418 g/mol. The van der Waals surface area contributed by atoms with E-state index in [0.717, 1.165) is 10.2 Å². The number of hydrogen-bond donors (Lipinski definition) is 1. The Bertz CT molecular complexity index is 1030. The molecule has 0 aliphatic carbocycles. The molecule has 0 spiro atoms. The summed E-state index contributed by atoms with van der Waals surface area (Å²) in [6, 6.07) is 7.42. The highest BCUT2D eigenvalue weighted by Crippen LogP contribution is 2.29. The Kier molecular flexibility index (Phi) is 4.05. The van der Waals surface area contributed by atoms with Crippen LogP contribution in [0.4, 0.5) is 5.82 Å². The minimum atomic E-state index is -0.262. The van der Waals surface area contributed by atoms with E-state index in [4.69, 9.17) is 0 Å². The SMILES string of the molecule is O=C(Nc1nc(-c2ccccn2)nc2sccc12)c1scnc1Br. The van der Waals surface area contributed by atoms with Gasteiger partial charge in [-0.25, -0.2) is 15.0 Å². The van der Waals surface area contributed by atoms with Gasteiger partial charge >= 0.3 is 0 Å². The van der Waals surface area contributed by atoms with Crippen molar-refractivity contribution in [1.29, 1.82) is 0 Å². The van der Waals surface area contributed by atoms with E-state index in [1.54, 1.807) is 11.7 Å². The summed E-state index contributed by atoms with van der Waals surface area (Å²) in [5, 5.41) is 5.57. The van der Waals surface area contributed by atoms with Crippen LogP contribution in [-0.4, -0.2) is 25.8 Å². The Balaban J connectivity index is 1.78. The minimum absolute atomic E-state index is 0.262. The summed E-state index contributed by atoms with van der Waals surface area (Å²) >= 11 is 6.02. The molecule has 0 atom stereocenters. The molecule has 0 aromatic carbocycles. The van der Waals surface area contributed by atoms with Gasteiger partial charge in [0.15, 0.2) is 5.82 Å². The van der Waals surface area contributed by atoms with Gasteiger partial charge in [0, 0.05) is 6.20 Å². The van der Waals surface area contributed by atoms with Crippen LogP contribution in [-0.2, 0) is 0 Å². The number of halogens is 1. The molecule has 1 amide bonds. The van der Waals surface area contributed by atoms with Gasteiger partial charge in [-0.05, 0) is 39.5 Å². The zero-order valence-corrected chi connectivity index (χ0v) is 15.2. The van der Waals surface area contributed by atoms with E-state index >= 15 is 0 Å². The molecule has 0 saturated heterocycles. The minimum Gasteiger partial charge on any atom is -0.305 e. The first kappa shape index (κ1) is 15.3. The van der Waals surface area contributed by atoms with Crippen molar-refractivity contribution in [2.45, 2.75) is 0 Å². The fraction of sp³-hybridized carbons (Fsp3) is 0. The smallest absolute Gasteiger partial charge is 0.269 e. The van der Waals surface area contributed by atoms with Crippen molar-refractivity contribution in [3.05, 3.63) is 50.8 Å². The molecule has 0 saturated carbocycles. The molecule has 0 radical (unpaired) electrons. The number of amides is 1. The number of thiophene rings is 1. The van der Waals surface area contributed by atoms with Crippen molar-refractivity contribution in [1.82, 2.24) is 19.9 Å². The van der Waals surface area contributed by atoms with E-state index < -0.39 is 0 Å². The number of pyridine rings is 1. The van der Waals surface area contributed by atoms with Gasteiger partial charge in [0.05, 0.1) is 10.9 Å². The van der Waals surface area contributed by atoms with Crippen molar-refractivity contribution in [3.63, 3.8) is 0 Å². The lowest BCUT2D eigenvalue weighted by atomic mass is 10.3. The predicted octanol–water partition coefficient (Wildman–Crippen LogP) is 4.22. The Morgan fingerprint density at radius 3 is 2.79 bits per heavy atom. The van der Waals surface area contributed by atoms with Gasteiger partial charge in [-0.15, -0.1) is 22.7 Å². The molecule has 0 fully saturated rings. The van der Waals surface area contributed by atoms with E-state index in [0.29, 0.717) is 26.8 Å². The molecule has 6 nitrogen and oxygen atoms in total. The van der Waals surface area contributed by atoms with E-state index in [1.807, 2.05) is 29.6 Å². The zero-order chi connectivity index (χ0) is 16.5. The van der Waals surface area contributed by atoms with E-state index in [9.17, 15) is 4.79 Å².